The van der Waals surface area contributed by atoms with E-state index in [9.17, 15) is 19.6 Å². The molecule has 0 radical (unpaired) electrons. The molecule has 1 saturated carbocycles. The lowest BCUT2D eigenvalue weighted by Crippen LogP contribution is -2.59. The van der Waals surface area contributed by atoms with E-state index in [1.54, 1.807) is 25.7 Å². The maximum absolute atomic E-state index is 13.8. The van der Waals surface area contributed by atoms with Crippen LogP contribution in [0.1, 0.15) is 58.6 Å². The molecule has 1 aliphatic carbocycles. The van der Waals surface area contributed by atoms with Gasteiger partial charge < -0.3 is 19.9 Å². The summed E-state index contributed by atoms with van der Waals surface area (Å²) in [6.07, 6.45) is 1.51. The van der Waals surface area contributed by atoms with Gasteiger partial charge in [-0.15, -0.1) is 10.2 Å². The van der Waals surface area contributed by atoms with Gasteiger partial charge in [-0.1, -0.05) is 18.2 Å². The molecule has 0 spiro atoms. The first-order valence-electron chi connectivity index (χ1n) is 14.2. The SMILES string of the molecule is C[C@H](c1cccc(-c2nn[nH]n2)c1)N1C(=O)[C@H]2C[C@@H]1CN2C[C@H](NC(=O)OC(C)(C)C)C(=O)N1[C@H](C#N)C[C@@H]2C[C@@H]21. The fraction of sp³-hybridized carbons (Fsp3) is 0.607. The van der Waals surface area contributed by atoms with Gasteiger partial charge in [0.2, 0.25) is 17.6 Å². The molecule has 2 N–H and O–H groups in total. The van der Waals surface area contributed by atoms with Gasteiger partial charge in [0.25, 0.3) is 0 Å². The van der Waals surface area contributed by atoms with Gasteiger partial charge in [0.05, 0.1) is 18.2 Å². The lowest BCUT2D eigenvalue weighted by Gasteiger charge is -2.39. The van der Waals surface area contributed by atoms with Crippen molar-refractivity contribution < 1.29 is 19.1 Å². The number of piperazine rings is 1. The van der Waals surface area contributed by atoms with Crippen molar-refractivity contribution in [3.8, 4) is 17.5 Å². The monoisotopic (exact) mass is 561 g/mol. The zero-order valence-corrected chi connectivity index (χ0v) is 23.6. The molecule has 216 valence electrons. The second-order valence-electron chi connectivity index (χ2n) is 12.5. The van der Waals surface area contributed by atoms with Gasteiger partial charge in [0.15, 0.2) is 0 Å². The van der Waals surface area contributed by atoms with Crippen LogP contribution < -0.4 is 5.32 Å². The molecule has 3 saturated heterocycles. The number of hydrogen-bond acceptors (Lipinski definition) is 9. The van der Waals surface area contributed by atoms with E-state index in [4.69, 9.17) is 4.74 Å². The number of likely N-dealkylation sites (tertiary alicyclic amines) is 3. The second kappa shape index (κ2) is 10.1. The van der Waals surface area contributed by atoms with E-state index in [1.807, 2.05) is 41.0 Å². The topological polar surface area (TPSA) is 160 Å². The number of tetrazole rings is 1. The zero-order valence-electron chi connectivity index (χ0n) is 23.6. The predicted molar refractivity (Wildman–Crippen MR) is 145 cm³/mol. The van der Waals surface area contributed by atoms with Gasteiger partial charge in [-0.3, -0.25) is 14.5 Å². The Labute approximate surface area is 238 Å². The molecular formula is C28H35N9O4. The van der Waals surface area contributed by atoms with Crippen LogP contribution in [0.2, 0.25) is 0 Å². The van der Waals surface area contributed by atoms with E-state index in [1.165, 1.54) is 0 Å². The Balaban J connectivity index is 1.17. The minimum atomic E-state index is -0.926. The molecule has 2 bridgehead atoms. The van der Waals surface area contributed by atoms with E-state index >= 15 is 0 Å². The molecule has 3 aliphatic heterocycles. The summed E-state index contributed by atoms with van der Waals surface area (Å²) in [5.74, 6) is 0.553. The summed E-state index contributed by atoms with van der Waals surface area (Å²) in [6, 6.07) is 8.06. The number of aromatic amines is 1. The fourth-order valence-corrected chi connectivity index (χ4v) is 6.72. The van der Waals surface area contributed by atoms with Crippen LogP contribution in [0, 0.1) is 17.2 Å². The maximum Gasteiger partial charge on any atom is 0.408 e. The molecule has 2 aromatic rings. The van der Waals surface area contributed by atoms with Gasteiger partial charge in [0, 0.05) is 30.7 Å². The number of H-pyrrole nitrogens is 1. The van der Waals surface area contributed by atoms with Crippen molar-refractivity contribution in [3.05, 3.63) is 29.8 Å². The number of rotatable bonds is 7. The number of benzene rings is 1. The highest BCUT2D eigenvalue weighted by atomic mass is 16.6. The summed E-state index contributed by atoms with van der Waals surface area (Å²) in [7, 11) is 0. The molecule has 1 aromatic carbocycles. The highest BCUT2D eigenvalue weighted by Crippen LogP contribution is 2.48. The molecule has 0 unspecified atom stereocenters. The Morgan fingerprint density at radius 2 is 2.07 bits per heavy atom. The van der Waals surface area contributed by atoms with Crippen LogP contribution in [0.3, 0.4) is 0 Å². The first kappa shape index (κ1) is 27.1. The highest BCUT2D eigenvalue weighted by molar-refractivity contribution is 5.89. The third-order valence-corrected chi connectivity index (χ3v) is 8.62. The fourth-order valence-electron chi connectivity index (χ4n) is 6.72. The van der Waals surface area contributed by atoms with E-state index in [0.29, 0.717) is 31.1 Å². The predicted octanol–water partition coefficient (Wildman–Crippen LogP) is 1.62. The molecule has 6 rings (SSSR count). The lowest BCUT2D eigenvalue weighted by atomic mass is 10.0. The van der Waals surface area contributed by atoms with Crippen LogP contribution in [-0.2, 0) is 14.3 Å². The summed E-state index contributed by atoms with van der Waals surface area (Å²) in [5.41, 5.74) is 1.05. The smallest absolute Gasteiger partial charge is 0.408 e. The maximum atomic E-state index is 13.8. The van der Waals surface area contributed by atoms with Crippen molar-refractivity contribution in [1.29, 1.82) is 5.26 Å². The third kappa shape index (κ3) is 5.12. The number of nitrogens with one attached hydrogen (secondary N) is 2. The molecule has 7 atom stereocenters. The zero-order chi connectivity index (χ0) is 29.1. The molecule has 13 nitrogen and oxygen atoms in total. The van der Waals surface area contributed by atoms with Crippen LogP contribution in [-0.4, -0.2) is 102 Å². The summed E-state index contributed by atoms with van der Waals surface area (Å²) in [6.45, 7) is 8.05. The Bertz CT molecular complexity index is 1380. The van der Waals surface area contributed by atoms with E-state index in [0.717, 1.165) is 17.5 Å². The van der Waals surface area contributed by atoms with Crippen LogP contribution in [0.15, 0.2) is 24.3 Å². The normalized spacial score (nSPS) is 28.3. The number of amides is 3. The van der Waals surface area contributed by atoms with Crippen LogP contribution >= 0.6 is 0 Å². The molecule has 3 amide bonds. The summed E-state index contributed by atoms with van der Waals surface area (Å²) < 4.78 is 5.46. The van der Waals surface area contributed by atoms with Gasteiger partial charge in [0.1, 0.15) is 17.7 Å². The molecule has 4 fully saturated rings. The number of nitriles is 1. The number of carbonyl (C=O) groups is 3. The number of piperidine rings is 1. The largest absolute Gasteiger partial charge is 0.444 e. The molecule has 13 heteroatoms. The number of nitrogens with zero attached hydrogens (tertiary/aromatic N) is 7. The van der Waals surface area contributed by atoms with Crippen molar-refractivity contribution in [3.63, 3.8) is 0 Å². The van der Waals surface area contributed by atoms with Crippen molar-refractivity contribution >= 4 is 17.9 Å². The number of fused-ring (bicyclic) bond motifs is 3. The molecule has 4 aliphatic rings. The summed E-state index contributed by atoms with van der Waals surface area (Å²) >= 11 is 0. The van der Waals surface area contributed by atoms with Crippen LogP contribution in [0.4, 0.5) is 4.79 Å². The number of aromatic nitrogens is 4. The minimum absolute atomic E-state index is 0.000474. The standard InChI is InChI=1S/C28H35N9O4/c1-15(16-6-5-7-17(8-16)24-31-33-34-32-24)36-20-11-23(26(36)39)35(13-20)14-21(30-27(40)41-28(2,3)4)25(38)37-19(12-29)9-18-10-22(18)37/h5-8,15,18-23H,9-11,13-14H2,1-4H3,(H,30,40)(H,31,32,33,34)/t15-,18-,19+,20-,21+,22+,23-/m1/s1. The quantitative estimate of drug-likeness (QED) is 0.512. The van der Waals surface area contributed by atoms with Gasteiger partial charge in [-0.25, -0.2) is 4.79 Å². The second-order valence-corrected chi connectivity index (χ2v) is 12.5. The van der Waals surface area contributed by atoms with Crippen molar-refractivity contribution in [1.82, 2.24) is 40.6 Å². The summed E-state index contributed by atoms with van der Waals surface area (Å²) in [5, 5.41) is 26.6. The average Bonchev–Trinajstić information content (AvgIpc) is 3.36. The van der Waals surface area contributed by atoms with Gasteiger partial charge in [-0.2, -0.15) is 10.5 Å². The Hall–Kier alpha value is -4.05. The Morgan fingerprint density at radius 1 is 1.27 bits per heavy atom. The number of hydrogen-bond donors (Lipinski definition) is 2. The van der Waals surface area contributed by atoms with Crippen molar-refractivity contribution in [2.24, 2.45) is 5.92 Å². The van der Waals surface area contributed by atoms with E-state index in [-0.39, 0.29) is 36.5 Å². The number of ether oxygens (including phenoxy) is 1. The molecule has 1 aromatic heterocycles. The average molecular weight is 562 g/mol. The Kier molecular flexibility index (Phi) is 6.68. The minimum Gasteiger partial charge on any atom is -0.444 e. The van der Waals surface area contributed by atoms with E-state index < -0.39 is 29.8 Å². The van der Waals surface area contributed by atoms with Crippen LogP contribution in [0.5, 0.6) is 0 Å². The molecule has 41 heavy (non-hydrogen) atoms. The molecular weight excluding hydrogens is 526 g/mol. The summed E-state index contributed by atoms with van der Waals surface area (Å²) in [4.78, 5) is 45.8. The van der Waals surface area contributed by atoms with Crippen LogP contribution in [0.25, 0.3) is 11.4 Å². The number of carbonyl (C=O) groups excluding carboxylic acids is 3. The first-order chi connectivity index (χ1) is 19.5. The Morgan fingerprint density at radius 3 is 2.76 bits per heavy atom. The number of alkyl carbamates (subject to hydrolysis) is 1. The highest BCUT2D eigenvalue weighted by Gasteiger charge is 2.56. The lowest BCUT2D eigenvalue weighted by molar-refractivity contribution is -0.141. The van der Waals surface area contributed by atoms with Gasteiger partial charge in [-0.05, 0) is 69.7 Å². The first-order valence-corrected chi connectivity index (χ1v) is 14.2. The van der Waals surface area contributed by atoms with E-state index in [2.05, 4.69) is 32.0 Å². The van der Waals surface area contributed by atoms with Crippen molar-refractivity contribution in [2.45, 2.75) is 88.8 Å². The van der Waals surface area contributed by atoms with Crippen molar-refractivity contribution in [2.75, 3.05) is 13.1 Å². The molecule has 4 heterocycles. The third-order valence-electron chi connectivity index (χ3n) is 8.62. The van der Waals surface area contributed by atoms with Gasteiger partial charge >= 0.3 is 6.09 Å².